The third-order valence-electron chi connectivity index (χ3n) is 8.59. The molecular weight excluding hydrogens is 566 g/mol. The molecule has 10 heteroatoms. The molecule has 0 unspecified atom stereocenters. The van der Waals surface area contributed by atoms with Crippen molar-refractivity contribution in [1.82, 2.24) is 9.21 Å². The van der Waals surface area contributed by atoms with E-state index < -0.39 is 15.9 Å². The van der Waals surface area contributed by atoms with E-state index in [2.05, 4.69) is 17.0 Å². The van der Waals surface area contributed by atoms with E-state index in [1.165, 1.54) is 11.1 Å². The van der Waals surface area contributed by atoms with E-state index in [4.69, 9.17) is 15.6 Å². The highest BCUT2D eigenvalue weighted by Gasteiger charge is 2.37. The van der Waals surface area contributed by atoms with Crippen molar-refractivity contribution in [2.24, 2.45) is 17.6 Å². The van der Waals surface area contributed by atoms with E-state index in [1.54, 1.807) is 24.3 Å². The van der Waals surface area contributed by atoms with Crippen LogP contribution in [0.3, 0.4) is 0 Å². The maximum Gasteiger partial charge on any atom is 0.290 e. The number of fused-ring (bicyclic) bond motifs is 1. The van der Waals surface area contributed by atoms with Crippen molar-refractivity contribution in [3.63, 3.8) is 0 Å². The SMILES string of the molecule is Cc1ccc(S(=O)(=O)N(C(=O)CCN)C2CCC(CCN3CCc4ccc(C(=O)C(C)C)cc4CC3)CC2)cc1.O=CO. The van der Waals surface area contributed by atoms with Crippen LogP contribution in [0, 0.1) is 18.8 Å². The number of carbonyl (C=O) groups is 3. The molecule has 9 nitrogen and oxygen atoms in total. The van der Waals surface area contributed by atoms with E-state index in [1.807, 2.05) is 26.8 Å². The fraction of sp³-hybridized carbons (Fsp3) is 0.545. The number of nitrogens with two attached hydrogens (primary N) is 1. The average Bonchev–Trinajstić information content (AvgIpc) is 3.19. The summed E-state index contributed by atoms with van der Waals surface area (Å²) in [5.74, 6) is 0.318. The number of carboxylic acid groups (broad SMARTS) is 1. The zero-order chi connectivity index (χ0) is 31.6. The van der Waals surface area contributed by atoms with E-state index in [-0.39, 0.29) is 42.1 Å². The first kappa shape index (κ1) is 34.4. The van der Waals surface area contributed by atoms with Crippen molar-refractivity contribution >= 4 is 28.2 Å². The van der Waals surface area contributed by atoms with E-state index >= 15 is 0 Å². The molecule has 3 N–H and O–H groups in total. The van der Waals surface area contributed by atoms with Gasteiger partial charge in [-0.1, -0.05) is 43.7 Å². The number of sulfonamides is 1. The van der Waals surface area contributed by atoms with Gasteiger partial charge in [-0.25, -0.2) is 12.7 Å². The van der Waals surface area contributed by atoms with E-state index in [0.717, 1.165) is 67.2 Å². The summed E-state index contributed by atoms with van der Waals surface area (Å²) >= 11 is 0. The van der Waals surface area contributed by atoms with Crippen LogP contribution in [0.5, 0.6) is 0 Å². The first-order valence-electron chi connectivity index (χ1n) is 15.3. The first-order valence-corrected chi connectivity index (χ1v) is 16.8. The molecule has 1 heterocycles. The Balaban J connectivity index is 0.00000162. The summed E-state index contributed by atoms with van der Waals surface area (Å²) < 4.78 is 28.2. The molecule has 0 atom stereocenters. The van der Waals surface area contributed by atoms with Crippen LogP contribution in [-0.4, -0.2) is 73.1 Å². The van der Waals surface area contributed by atoms with Crippen molar-refractivity contribution in [3.05, 3.63) is 64.7 Å². The van der Waals surface area contributed by atoms with Gasteiger partial charge in [0.15, 0.2) is 5.78 Å². The lowest BCUT2D eigenvalue weighted by Gasteiger charge is -2.36. The minimum absolute atomic E-state index is 0.00370. The number of nitrogens with zero attached hydrogens (tertiary/aromatic N) is 2. The lowest BCUT2D eigenvalue weighted by molar-refractivity contribution is -0.128. The van der Waals surface area contributed by atoms with Crippen molar-refractivity contribution in [2.45, 2.75) is 83.1 Å². The highest BCUT2D eigenvalue weighted by atomic mass is 32.2. The molecule has 1 fully saturated rings. The van der Waals surface area contributed by atoms with E-state index in [9.17, 15) is 18.0 Å². The molecule has 0 saturated heterocycles. The summed E-state index contributed by atoms with van der Waals surface area (Å²) in [4.78, 5) is 36.5. The van der Waals surface area contributed by atoms with Gasteiger partial charge in [0, 0.05) is 43.6 Å². The lowest BCUT2D eigenvalue weighted by Crippen LogP contribution is -2.46. The molecule has 2 aliphatic rings. The van der Waals surface area contributed by atoms with Gasteiger partial charge in [-0.15, -0.1) is 0 Å². The van der Waals surface area contributed by atoms with E-state index in [0.29, 0.717) is 18.8 Å². The summed E-state index contributed by atoms with van der Waals surface area (Å²) in [6.45, 7) is 8.68. The van der Waals surface area contributed by atoms with Crippen molar-refractivity contribution < 1.29 is 27.9 Å². The summed E-state index contributed by atoms with van der Waals surface area (Å²) in [6.07, 6.45) is 6.24. The van der Waals surface area contributed by atoms with Crippen molar-refractivity contribution in [1.29, 1.82) is 0 Å². The second-order valence-electron chi connectivity index (χ2n) is 12.0. The largest absolute Gasteiger partial charge is 0.483 e. The molecule has 236 valence electrons. The Morgan fingerprint density at radius 2 is 1.63 bits per heavy atom. The third-order valence-corrected chi connectivity index (χ3v) is 10.5. The molecule has 0 radical (unpaired) electrons. The van der Waals surface area contributed by atoms with Crippen LogP contribution in [0.4, 0.5) is 0 Å². The summed E-state index contributed by atoms with van der Waals surface area (Å²) in [5, 5.41) is 6.89. The van der Waals surface area contributed by atoms with Gasteiger partial charge < -0.3 is 15.7 Å². The van der Waals surface area contributed by atoms with Gasteiger partial charge in [0.2, 0.25) is 5.91 Å². The first-order chi connectivity index (χ1) is 20.5. The molecule has 0 spiro atoms. The monoisotopic (exact) mass is 613 g/mol. The molecule has 2 aromatic rings. The zero-order valence-electron chi connectivity index (χ0n) is 25.7. The average molecular weight is 614 g/mol. The number of carbonyl (C=O) groups excluding carboxylic acids is 2. The van der Waals surface area contributed by atoms with Gasteiger partial charge in [0.1, 0.15) is 0 Å². The highest BCUT2D eigenvalue weighted by Crippen LogP contribution is 2.33. The Bertz CT molecular complexity index is 1330. The number of ketones is 1. The molecular formula is C33H47N3O6S. The van der Waals surface area contributed by atoms with Crippen LogP contribution in [0.15, 0.2) is 47.4 Å². The summed E-state index contributed by atoms with van der Waals surface area (Å²) in [7, 11) is -3.93. The number of amides is 1. The maximum absolute atomic E-state index is 13.5. The molecule has 0 aromatic heterocycles. The van der Waals surface area contributed by atoms with Gasteiger partial charge in [-0.2, -0.15) is 0 Å². The number of hydrogen-bond donors (Lipinski definition) is 2. The molecule has 1 aliphatic carbocycles. The van der Waals surface area contributed by atoms with Gasteiger partial charge in [-0.3, -0.25) is 14.4 Å². The molecule has 2 aromatic carbocycles. The van der Waals surface area contributed by atoms with Crippen molar-refractivity contribution in [2.75, 3.05) is 26.2 Å². The predicted molar refractivity (Wildman–Crippen MR) is 167 cm³/mol. The Morgan fingerprint density at radius 1 is 1.02 bits per heavy atom. The zero-order valence-corrected chi connectivity index (χ0v) is 26.5. The lowest BCUT2D eigenvalue weighted by atomic mass is 9.84. The highest BCUT2D eigenvalue weighted by molar-refractivity contribution is 7.89. The van der Waals surface area contributed by atoms with Gasteiger partial charge in [0.05, 0.1) is 4.90 Å². The fourth-order valence-corrected chi connectivity index (χ4v) is 7.78. The molecule has 0 bridgehead atoms. The summed E-state index contributed by atoms with van der Waals surface area (Å²) in [5.41, 5.74) is 10.1. The van der Waals surface area contributed by atoms with Crippen LogP contribution in [-0.2, 0) is 32.5 Å². The number of benzene rings is 2. The second-order valence-corrected chi connectivity index (χ2v) is 13.8. The normalized spacial score (nSPS) is 19.0. The molecule has 1 amide bonds. The standard InChI is InChI=1S/C32H45N3O4S.CH2O2/c1-23(2)32(37)28-9-8-26-16-20-34(21-17-27(26)22-28)19-15-25-6-10-29(11-7-25)35(31(36)14-18-33)40(38,39)30-12-4-24(3)5-13-30;2-1-3/h4-5,8-9,12-13,22-23,25,29H,6-7,10-11,14-21,33H2,1-3H3;1H,(H,2,3). The molecule has 4 rings (SSSR count). The van der Waals surface area contributed by atoms with Crippen LogP contribution in [0.2, 0.25) is 0 Å². The maximum atomic E-state index is 13.5. The fourth-order valence-electron chi connectivity index (χ4n) is 6.11. The smallest absolute Gasteiger partial charge is 0.290 e. The Kier molecular flexibility index (Phi) is 12.9. The Labute approximate surface area is 256 Å². The minimum atomic E-state index is -3.93. The van der Waals surface area contributed by atoms with Crippen LogP contribution < -0.4 is 5.73 Å². The Hall–Kier alpha value is -3.08. The number of hydrogen-bond acceptors (Lipinski definition) is 7. The topological polar surface area (TPSA) is 138 Å². The van der Waals surface area contributed by atoms with Crippen molar-refractivity contribution in [3.8, 4) is 0 Å². The summed E-state index contributed by atoms with van der Waals surface area (Å²) in [6, 6.07) is 12.6. The van der Waals surface area contributed by atoms with Gasteiger partial charge in [0.25, 0.3) is 16.5 Å². The van der Waals surface area contributed by atoms with Crippen LogP contribution in [0.1, 0.15) is 79.4 Å². The van der Waals surface area contributed by atoms with Gasteiger partial charge >= 0.3 is 0 Å². The third kappa shape index (κ3) is 9.20. The minimum Gasteiger partial charge on any atom is -0.483 e. The predicted octanol–water partition coefficient (Wildman–Crippen LogP) is 4.45. The molecule has 43 heavy (non-hydrogen) atoms. The quantitative estimate of drug-likeness (QED) is 0.296. The second kappa shape index (κ2) is 16.1. The van der Waals surface area contributed by atoms with Crippen LogP contribution in [0.25, 0.3) is 0 Å². The van der Waals surface area contributed by atoms with Gasteiger partial charge in [-0.05, 0) is 93.7 Å². The Morgan fingerprint density at radius 3 is 2.21 bits per heavy atom. The molecule has 1 saturated carbocycles. The van der Waals surface area contributed by atoms with Crippen LogP contribution >= 0.6 is 0 Å². The number of Topliss-reactive ketones (excluding diaryl/α,β-unsaturated/α-hetero) is 1. The number of aryl methyl sites for hydroxylation is 1. The molecule has 1 aliphatic heterocycles. The number of rotatable bonds is 10.